The Kier molecular flexibility index (Phi) is 4.25. The van der Waals surface area contributed by atoms with E-state index < -0.39 is 0 Å². The van der Waals surface area contributed by atoms with E-state index in [9.17, 15) is 5.11 Å². The summed E-state index contributed by atoms with van der Waals surface area (Å²) >= 11 is 0. The number of hydrogen-bond donors (Lipinski definition) is 1. The summed E-state index contributed by atoms with van der Waals surface area (Å²) in [6.45, 7) is 7.52. The molecule has 2 rings (SSSR count). The zero-order valence-electron chi connectivity index (χ0n) is 12.2. The maximum Gasteiger partial charge on any atom is 0.0709 e. The van der Waals surface area contributed by atoms with E-state index in [2.05, 4.69) is 49.7 Å². The Labute approximate surface area is 115 Å². The maximum atomic E-state index is 9.68. The molecule has 0 fully saturated rings. The summed E-state index contributed by atoms with van der Waals surface area (Å²) in [6.07, 6.45) is 2.95. The third-order valence-electron chi connectivity index (χ3n) is 3.86. The van der Waals surface area contributed by atoms with Crippen molar-refractivity contribution in [3.05, 3.63) is 30.0 Å². The Balaban J connectivity index is 2.40. The number of benzene rings is 1. The highest BCUT2D eigenvalue weighted by Crippen LogP contribution is 2.30. The SMILES string of the molecule is CCCC(C)(CO)Cc1nn(CC)c2ccccc12. The molecular weight excluding hydrogens is 236 g/mol. The fourth-order valence-electron chi connectivity index (χ4n) is 2.80. The van der Waals surface area contributed by atoms with Crippen molar-refractivity contribution in [2.24, 2.45) is 5.41 Å². The van der Waals surface area contributed by atoms with Crippen LogP contribution in [0.4, 0.5) is 0 Å². The van der Waals surface area contributed by atoms with Crippen molar-refractivity contribution >= 4 is 10.9 Å². The van der Waals surface area contributed by atoms with Crippen LogP contribution in [0.1, 0.15) is 39.3 Å². The van der Waals surface area contributed by atoms with Crippen LogP contribution in [0, 0.1) is 5.41 Å². The van der Waals surface area contributed by atoms with Gasteiger partial charge in [0.1, 0.15) is 0 Å². The molecular formula is C16H24N2O. The van der Waals surface area contributed by atoms with E-state index in [4.69, 9.17) is 5.10 Å². The van der Waals surface area contributed by atoms with Gasteiger partial charge in [0.2, 0.25) is 0 Å². The van der Waals surface area contributed by atoms with Crippen molar-refractivity contribution < 1.29 is 5.11 Å². The smallest absolute Gasteiger partial charge is 0.0709 e. The molecule has 104 valence electrons. The lowest BCUT2D eigenvalue weighted by atomic mass is 9.81. The number of nitrogens with zero attached hydrogens (tertiary/aromatic N) is 2. The Morgan fingerprint density at radius 3 is 2.63 bits per heavy atom. The van der Waals surface area contributed by atoms with Crippen molar-refractivity contribution in [1.82, 2.24) is 9.78 Å². The Bertz CT molecular complexity index is 547. The number of aliphatic hydroxyl groups excluding tert-OH is 1. The second-order valence-corrected chi connectivity index (χ2v) is 5.68. The van der Waals surface area contributed by atoms with Crippen molar-refractivity contribution in [3.8, 4) is 0 Å². The standard InChI is InChI=1S/C16H24N2O/c1-4-10-16(3,12-19)11-14-13-8-6-7-9-15(13)18(5-2)17-14/h6-9,19H,4-5,10-12H2,1-3H3. The quantitative estimate of drug-likeness (QED) is 0.864. The minimum Gasteiger partial charge on any atom is -0.396 e. The number of para-hydroxylation sites is 1. The molecule has 0 aliphatic heterocycles. The monoisotopic (exact) mass is 260 g/mol. The second kappa shape index (κ2) is 5.74. The lowest BCUT2D eigenvalue weighted by molar-refractivity contribution is 0.130. The molecule has 1 unspecified atom stereocenters. The summed E-state index contributed by atoms with van der Waals surface area (Å²) in [4.78, 5) is 0. The number of aromatic nitrogens is 2. The molecule has 0 bridgehead atoms. The molecule has 0 radical (unpaired) electrons. The van der Waals surface area contributed by atoms with Crippen molar-refractivity contribution in [1.29, 1.82) is 0 Å². The zero-order valence-corrected chi connectivity index (χ0v) is 12.2. The van der Waals surface area contributed by atoms with Gasteiger partial charge < -0.3 is 5.11 Å². The van der Waals surface area contributed by atoms with Gasteiger partial charge in [0, 0.05) is 18.5 Å². The number of aliphatic hydroxyl groups is 1. The molecule has 3 nitrogen and oxygen atoms in total. The second-order valence-electron chi connectivity index (χ2n) is 5.68. The van der Waals surface area contributed by atoms with Crippen LogP contribution in [0.15, 0.2) is 24.3 Å². The number of aryl methyl sites for hydroxylation is 1. The molecule has 0 saturated carbocycles. The van der Waals surface area contributed by atoms with E-state index in [0.29, 0.717) is 0 Å². The molecule has 1 N–H and O–H groups in total. The normalized spacial score (nSPS) is 14.7. The molecule has 0 amide bonds. The van der Waals surface area contributed by atoms with E-state index in [1.807, 2.05) is 0 Å². The summed E-state index contributed by atoms with van der Waals surface area (Å²) in [5, 5.41) is 15.6. The van der Waals surface area contributed by atoms with Gasteiger partial charge in [0.25, 0.3) is 0 Å². The van der Waals surface area contributed by atoms with Crippen LogP contribution in [0.25, 0.3) is 10.9 Å². The summed E-state index contributed by atoms with van der Waals surface area (Å²) in [7, 11) is 0. The van der Waals surface area contributed by atoms with E-state index in [1.54, 1.807) is 0 Å². The Morgan fingerprint density at radius 1 is 1.26 bits per heavy atom. The first kappa shape index (κ1) is 14.1. The van der Waals surface area contributed by atoms with Gasteiger partial charge in [-0.2, -0.15) is 5.10 Å². The van der Waals surface area contributed by atoms with Crippen molar-refractivity contribution in [3.63, 3.8) is 0 Å². The highest BCUT2D eigenvalue weighted by Gasteiger charge is 2.25. The number of hydrogen-bond acceptors (Lipinski definition) is 2. The van der Waals surface area contributed by atoms with Gasteiger partial charge >= 0.3 is 0 Å². The lowest BCUT2D eigenvalue weighted by Gasteiger charge is -2.25. The Hall–Kier alpha value is -1.35. The summed E-state index contributed by atoms with van der Waals surface area (Å²) in [5.41, 5.74) is 2.24. The molecule has 19 heavy (non-hydrogen) atoms. The van der Waals surface area contributed by atoms with Gasteiger partial charge in [-0.25, -0.2) is 0 Å². The summed E-state index contributed by atoms with van der Waals surface area (Å²) in [5.74, 6) is 0. The predicted octanol–water partition coefficient (Wildman–Crippen LogP) is 3.40. The van der Waals surface area contributed by atoms with Gasteiger partial charge in [-0.05, 0) is 31.2 Å². The number of rotatable bonds is 6. The van der Waals surface area contributed by atoms with Crippen LogP contribution < -0.4 is 0 Å². The topological polar surface area (TPSA) is 38.1 Å². The van der Waals surface area contributed by atoms with Crippen LogP contribution in [0.2, 0.25) is 0 Å². The van der Waals surface area contributed by atoms with Crippen molar-refractivity contribution in [2.75, 3.05) is 6.61 Å². The fraction of sp³-hybridized carbons (Fsp3) is 0.562. The third kappa shape index (κ3) is 2.81. The molecule has 3 heteroatoms. The van der Waals surface area contributed by atoms with Crippen molar-refractivity contribution in [2.45, 2.75) is 46.6 Å². The van der Waals surface area contributed by atoms with Crippen LogP contribution in [-0.2, 0) is 13.0 Å². The third-order valence-corrected chi connectivity index (χ3v) is 3.86. The van der Waals surface area contributed by atoms with Gasteiger partial charge in [-0.15, -0.1) is 0 Å². The summed E-state index contributed by atoms with van der Waals surface area (Å²) < 4.78 is 2.05. The van der Waals surface area contributed by atoms with E-state index in [1.165, 1.54) is 10.9 Å². The lowest BCUT2D eigenvalue weighted by Crippen LogP contribution is -2.24. The minimum atomic E-state index is -0.0650. The van der Waals surface area contributed by atoms with Gasteiger partial charge in [0.15, 0.2) is 0 Å². The molecule has 1 aromatic heterocycles. The zero-order chi connectivity index (χ0) is 13.9. The maximum absolute atomic E-state index is 9.68. The molecule has 0 spiro atoms. The summed E-state index contributed by atoms with van der Waals surface area (Å²) in [6, 6.07) is 8.36. The van der Waals surface area contributed by atoms with Crippen LogP contribution in [0.3, 0.4) is 0 Å². The molecule has 1 heterocycles. The van der Waals surface area contributed by atoms with Crippen LogP contribution in [-0.4, -0.2) is 21.5 Å². The molecule has 0 aliphatic rings. The molecule has 0 aliphatic carbocycles. The molecule has 1 aromatic carbocycles. The highest BCUT2D eigenvalue weighted by atomic mass is 16.3. The largest absolute Gasteiger partial charge is 0.396 e. The molecule has 1 atom stereocenters. The van der Waals surface area contributed by atoms with Gasteiger partial charge in [0.05, 0.1) is 11.2 Å². The highest BCUT2D eigenvalue weighted by molar-refractivity contribution is 5.82. The van der Waals surface area contributed by atoms with E-state index in [-0.39, 0.29) is 12.0 Å². The molecule has 0 saturated heterocycles. The first-order chi connectivity index (χ1) is 9.13. The first-order valence-electron chi connectivity index (χ1n) is 7.19. The minimum absolute atomic E-state index is 0.0650. The van der Waals surface area contributed by atoms with E-state index >= 15 is 0 Å². The molecule has 2 aromatic rings. The van der Waals surface area contributed by atoms with Gasteiger partial charge in [-0.3, -0.25) is 4.68 Å². The van der Waals surface area contributed by atoms with Crippen LogP contribution in [0.5, 0.6) is 0 Å². The van der Waals surface area contributed by atoms with Gasteiger partial charge in [-0.1, -0.05) is 38.5 Å². The average molecular weight is 260 g/mol. The number of fused-ring (bicyclic) bond motifs is 1. The Morgan fingerprint density at radius 2 is 2.00 bits per heavy atom. The first-order valence-corrected chi connectivity index (χ1v) is 7.19. The van der Waals surface area contributed by atoms with E-state index in [0.717, 1.165) is 31.5 Å². The van der Waals surface area contributed by atoms with Crippen LogP contribution >= 0.6 is 0 Å². The fourth-order valence-corrected chi connectivity index (χ4v) is 2.80. The predicted molar refractivity (Wildman–Crippen MR) is 79.2 cm³/mol. The average Bonchev–Trinajstić information content (AvgIpc) is 2.77.